The van der Waals surface area contributed by atoms with Gasteiger partial charge in [0.2, 0.25) is 5.91 Å². The van der Waals surface area contributed by atoms with Crippen molar-refractivity contribution in [2.45, 2.75) is 25.1 Å². The van der Waals surface area contributed by atoms with E-state index in [1.807, 2.05) is 49.3 Å². The maximum absolute atomic E-state index is 12.2. The molecule has 1 aromatic carbocycles. The second-order valence-electron chi connectivity index (χ2n) is 6.12. The van der Waals surface area contributed by atoms with Crippen LogP contribution in [0.5, 0.6) is 0 Å². The van der Waals surface area contributed by atoms with Gasteiger partial charge < -0.3 is 20.6 Å². The first-order chi connectivity index (χ1) is 11.0. The number of benzene rings is 1. The van der Waals surface area contributed by atoms with E-state index in [0.29, 0.717) is 19.5 Å². The van der Waals surface area contributed by atoms with Crippen LogP contribution in [0.25, 0.3) is 10.9 Å². The maximum atomic E-state index is 12.2. The van der Waals surface area contributed by atoms with E-state index < -0.39 is 6.10 Å². The molecule has 0 spiro atoms. The number of fused-ring (bicyclic) bond motifs is 1. The molecule has 138 valence electrons. The highest BCUT2D eigenvalue weighted by Gasteiger charge is 2.27. The summed E-state index contributed by atoms with van der Waals surface area (Å²) in [6.45, 7) is 0.915. The summed E-state index contributed by atoms with van der Waals surface area (Å²) in [4.78, 5) is 18.8. The van der Waals surface area contributed by atoms with Crippen LogP contribution in [-0.4, -0.2) is 48.8 Å². The Bertz CT molecular complexity index is 727. The number of nitrogens with one attached hydrogen (secondary N) is 2. The van der Waals surface area contributed by atoms with E-state index in [1.54, 1.807) is 0 Å². The number of halogens is 2. The highest BCUT2D eigenvalue weighted by atomic mass is 35.5. The number of aliphatic hydroxyl groups is 1. The van der Waals surface area contributed by atoms with Crippen molar-refractivity contribution in [1.29, 1.82) is 0 Å². The monoisotopic (exact) mass is 386 g/mol. The van der Waals surface area contributed by atoms with Crippen LogP contribution in [0, 0.1) is 0 Å². The SMILES string of the molecule is CN(C)c1cc(CNC(=O)C2CC(O)CN2)c2ccccc2n1.Cl.Cl. The molecular weight excluding hydrogens is 363 g/mol. The summed E-state index contributed by atoms with van der Waals surface area (Å²) in [6, 6.07) is 9.61. The number of anilines is 1. The lowest BCUT2D eigenvalue weighted by atomic mass is 10.1. The molecule has 1 amide bonds. The molecule has 1 fully saturated rings. The molecule has 1 aliphatic rings. The molecule has 1 saturated heterocycles. The van der Waals surface area contributed by atoms with Crippen molar-refractivity contribution in [3.05, 3.63) is 35.9 Å². The molecule has 6 nitrogen and oxygen atoms in total. The summed E-state index contributed by atoms with van der Waals surface area (Å²) < 4.78 is 0. The molecule has 25 heavy (non-hydrogen) atoms. The number of rotatable bonds is 4. The van der Waals surface area contributed by atoms with E-state index in [4.69, 9.17) is 0 Å². The predicted molar refractivity (Wildman–Crippen MR) is 105 cm³/mol. The molecule has 2 unspecified atom stereocenters. The summed E-state index contributed by atoms with van der Waals surface area (Å²) in [7, 11) is 3.90. The number of aromatic nitrogens is 1. The number of para-hydroxylation sites is 1. The van der Waals surface area contributed by atoms with Crippen LogP contribution >= 0.6 is 24.8 Å². The third kappa shape index (κ3) is 4.95. The molecule has 3 N–H and O–H groups in total. The van der Waals surface area contributed by atoms with Crippen molar-refractivity contribution in [3.8, 4) is 0 Å². The zero-order valence-electron chi connectivity index (χ0n) is 14.2. The van der Waals surface area contributed by atoms with Crippen molar-refractivity contribution in [2.75, 3.05) is 25.5 Å². The topological polar surface area (TPSA) is 77.5 Å². The Labute approximate surface area is 159 Å². The fraction of sp³-hybridized carbons (Fsp3) is 0.412. The lowest BCUT2D eigenvalue weighted by Gasteiger charge is -2.16. The second-order valence-corrected chi connectivity index (χ2v) is 6.12. The van der Waals surface area contributed by atoms with Crippen molar-refractivity contribution in [2.24, 2.45) is 0 Å². The van der Waals surface area contributed by atoms with Gasteiger partial charge in [0, 0.05) is 32.6 Å². The third-order valence-corrected chi connectivity index (χ3v) is 4.12. The Hall–Kier alpha value is -1.60. The lowest BCUT2D eigenvalue weighted by Crippen LogP contribution is -2.40. The Balaban J connectivity index is 0.00000156. The normalized spacial score (nSPS) is 19.0. The highest BCUT2D eigenvalue weighted by molar-refractivity contribution is 5.86. The van der Waals surface area contributed by atoms with E-state index in [-0.39, 0.29) is 36.8 Å². The third-order valence-electron chi connectivity index (χ3n) is 4.12. The van der Waals surface area contributed by atoms with E-state index in [1.165, 1.54) is 0 Å². The Morgan fingerprint density at radius 2 is 2.08 bits per heavy atom. The van der Waals surface area contributed by atoms with Gasteiger partial charge in [0.1, 0.15) is 5.82 Å². The van der Waals surface area contributed by atoms with Gasteiger partial charge in [-0.2, -0.15) is 0 Å². The summed E-state index contributed by atoms with van der Waals surface area (Å²) in [6.07, 6.45) is 0.0270. The van der Waals surface area contributed by atoms with Gasteiger partial charge in [0.05, 0.1) is 17.7 Å². The van der Waals surface area contributed by atoms with Crippen LogP contribution in [0.2, 0.25) is 0 Å². The molecule has 3 rings (SSSR count). The summed E-state index contributed by atoms with van der Waals surface area (Å²) in [5, 5.41) is 16.5. The van der Waals surface area contributed by atoms with E-state index in [2.05, 4.69) is 15.6 Å². The van der Waals surface area contributed by atoms with Gasteiger partial charge in [-0.3, -0.25) is 4.79 Å². The van der Waals surface area contributed by atoms with Crippen molar-refractivity contribution in [3.63, 3.8) is 0 Å². The molecule has 2 aromatic rings. The van der Waals surface area contributed by atoms with Crippen LogP contribution in [-0.2, 0) is 11.3 Å². The van der Waals surface area contributed by atoms with Gasteiger partial charge >= 0.3 is 0 Å². The van der Waals surface area contributed by atoms with E-state index >= 15 is 0 Å². The maximum Gasteiger partial charge on any atom is 0.237 e. The first-order valence-corrected chi connectivity index (χ1v) is 7.80. The standard InChI is InChI=1S/C17H22N4O2.2ClH/c1-21(2)16-7-11(13-5-3-4-6-14(13)20-16)9-19-17(23)15-8-12(22)10-18-15;;/h3-7,12,15,18,22H,8-10H2,1-2H3,(H,19,23);2*1H. The lowest BCUT2D eigenvalue weighted by molar-refractivity contribution is -0.123. The molecule has 1 aromatic heterocycles. The van der Waals surface area contributed by atoms with Gasteiger partial charge in [0.25, 0.3) is 0 Å². The average Bonchev–Trinajstić information content (AvgIpc) is 2.98. The Morgan fingerprint density at radius 1 is 1.36 bits per heavy atom. The number of carbonyl (C=O) groups is 1. The Morgan fingerprint density at radius 3 is 2.72 bits per heavy atom. The van der Waals surface area contributed by atoms with Crippen LogP contribution in [0.1, 0.15) is 12.0 Å². The number of amides is 1. The van der Waals surface area contributed by atoms with Gasteiger partial charge in [-0.05, 0) is 24.1 Å². The molecule has 0 radical (unpaired) electrons. The quantitative estimate of drug-likeness (QED) is 0.741. The van der Waals surface area contributed by atoms with E-state index in [0.717, 1.165) is 22.3 Å². The smallest absolute Gasteiger partial charge is 0.237 e. The predicted octanol–water partition coefficient (Wildman–Crippen LogP) is 1.48. The first-order valence-electron chi connectivity index (χ1n) is 7.80. The molecule has 1 aliphatic heterocycles. The number of hydrogen-bond acceptors (Lipinski definition) is 5. The summed E-state index contributed by atoms with van der Waals surface area (Å²) in [5.74, 6) is 0.788. The van der Waals surface area contributed by atoms with E-state index in [9.17, 15) is 9.90 Å². The Kier molecular flexibility index (Phi) is 7.89. The number of pyridine rings is 1. The summed E-state index contributed by atoms with van der Waals surface area (Å²) >= 11 is 0. The van der Waals surface area contributed by atoms with Crippen LogP contribution in [0.3, 0.4) is 0 Å². The largest absolute Gasteiger partial charge is 0.392 e. The number of nitrogens with zero attached hydrogens (tertiary/aromatic N) is 2. The van der Waals surface area contributed by atoms with Gasteiger partial charge in [0.15, 0.2) is 0 Å². The van der Waals surface area contributed by atoms with Crippen LogP contribution in [0.15, 0.2) is 30.3 Å². The van der Waals surface area contributed by atoms with Crippen molar-refractivity contribution < 1.29 is 9.90 Å². The molecule has 2 atom stereocenters. The van der Waals surface area contributed by atoms with Gasteiger partial charge in [-0.25, -0.2) is 4.98 Å². The zero-order chi connectivity index (χ0) is 16.4. The fourth-order valence-corrected chi connectivity index (χ4v) is 2.83. The minimum Gasteiger partial charge on any atom is -0.392 e. The minimum atomic E-state index is -0.437. The molecule has 2 heterocycles. The highest BCUT2D eigenvalue weighted by Crippen LogP contribution is 2.22. The molecule has 8 heteroatoms. The zero-order valence-corrected chi connectivity index (χ0v) is 15.9. The average molecular weight is 387 g/mol. The van der Waals surface area contributed by atoms with Crippen molar-refractivity contribution in [1.82, 2.24) is 15.6 Å². The number of carbonyl (C=O) groups excluding carboxylic acids is 1. The molecule has 0 saturated carbocycles. The van der Waals surface area contributed by atoms with Crippen LogP contribution < -0.4 is 15.5 Å². The number of aliphatic hydroxyl groups excluding tert-OH is 1. The second kappa shape index (κ2) is 9.20. The molecule has 0 bridgehead atoms. The first kappa shape index (κ1) is 21.4. The minimum absolute atomic E-state index is 0. The number of β-amino-alcohol motifs (C(OH)–C–C–N with tert-alkyl or cyclic N) is 1. The van der Waals surface area contributed by atoms with Crippen molar-refractivity contribution >= 4 is 47.4 Å². The fourth-order valence-electron chi connectivity index (χ4n) is 2.83. The molecule has 0 aliphatic carbocycles. The molecular formula is C17H24Cl2N4O2. The van der Waals surface area contributed by atoms with Crippen LogP contribution in [0.4, 0.5) is 5.82 Å². The summed E-state index contributed by atoms with van der Waals surface area (Å²) in [5.41, 5.74) is 1.95. The van der Waals surface area contributed by atoms with Gasteiger partial charge in [-0.15, -0.1) is 24.8 Å². The number of hydrogen-bond donors (Lipinski definition) is 3. The van der Waals surface area contributed by atoms with Gasteiger partial charge in [-0.1, -0.05) is 18.2 Å².